The minimum absolute atomic E-state index is 0. The Labute approximate surface area is 795 Å². The fourth-order valence-electron chi connectivity index (χ4n) is 15.7. The number of carbonyl (C=O) groups excluding carboxylic acids is 5. The molecule has 0 aliphatic heterocycles. The van der Waals surface area contributed by atoms with Crippen LogP contribution in [0, 0.1) is 21.3 Å². The number of halogens is 2. The van der Waals surface area contributed by atoms with Gasteiger partial charge in [0.25, 0.3) is 5.91 Å². The summed E-state index contributed by atoms with van der Waals surface area (Å²) in [6.45, 7) is 10.3. The van der Waals surface area contributed by atoms with Gasteiger partial charge in [-0.2, -0.15) is 0 Å². The summed E-state index contributed by atoms with van der Waals surface area (Å²) in [5.74, 6) is 2.53. The summed E-state index contributed by atoms with van der Waals surface area (Å²) in [5.41, 5.74) is 27.7. The van der Waals surface area contributed by atoms with E-state index < -0.39 is 13.0 Å². The average molecular weight is 1900 g/mol. The number of rotatable bonds is 20. The number of likely N-dealkylation sites (N-methyl/N-ethyl adjacent to an activating group) is 2. The van der Waals surface area contributed by atoms with Crippen LogP contribution in [0.3, 0.4) is 0 Å². The van der Waals surface area contributed by atoms with E-state index in [1.165, 1.54) is 106 Å². The summed E-state index contributed by atoms with van der Waals surface area (Å²) < 4.78 is 30.9. The molecule has 24 heteroatoms. The second-order valence-electron chi connectivity index (χ2n) is 32.9. The number of aryl methyl sites for hydroxylation is 7. The van der Waals surface area contributed by atoms with Crippen LogP contribution in [0.1, 0.15) is 198 Å². The van der Waals surface area contributed by atoms with Crippen LogP contribution in [-0.4, -0.2) is 194 Å². The number of amides is 1. The van der Waals surface area contributed by atoms with Gasteiger partial charge in [-0.05, 0) is 350 Å². The first kappa shape index (κ1) is 110. The van der Waals surface area contributed by atoms with E-state index in [-0.39, 0.29) is 64.1 Å². The number of carbonyl (C=O) groups is 5. The molecule has 0 saturated heterocycles. The third kappa shape index (κ3) is 34.6. The zero-order valence-electron chi connectivity index (χ0n) is 77.8. The van der Waals surface area contributed by atoms with E-state index in [4.69, 9.17) is 60.4 Å². The molecule has 20 nitrogen and oxygen atoms in total. The molecule has 15 rings (SSSR count). The number of phenols is 1. The number of phenolic OH excluding ortho intramolecular Hbond substituents is 1. The first-order valence-corrected chi connectivity index (χ1v) is 43.6. The molecule has 10 aromatic carbocycles. The van der Waals surface area contributed by atoms with Crippen LogP contribution in [-0.2, 0) is 90.7 Å². The maximum absolute atomic E-state index is 11.8. The molecule has 0 aromatic heterocycles. The van der Waals surface area contributed by atoms with Crippen molar-refractivity contribution in [2.45, 2.75) is 122 Å². The Morgan fingerprint density at radius 3 is 1.18 bits per heavy atom. The van der Waals surface area contributed by atoms with Crippen molar-refractivity contribution in [1.29, 1.82) is 0 Å². The summed E-state index contributed by atoms with van der Waals surface area (Å²) in [5, 5.41) is 42.9. The number of nitrogens with one attached hydrogen (secondary N) is 1. The molecule has 130 heavy (non-hydrogen) atoms. The van der Waals surface area contributed by atoms with E-state index >= 15 is 0 Å². The second kappa shape index (κ2) is 56.9. The summed E-state index contributed by atoms with van der Waals surface area (Å²) in [7, 11) is 17.5. The van der Waals surface area contributed by atoms with Crippen molar-refractivity contribution < 1.29 is 98.3 Å². The predicted molar refractivity (Wildman–Crippen MR) is 522 cm³/mol. The Hall–Kier alpha value is -10.5. The SMILES string of the molecule is CN(C)CCCl.CN(C)CCOc1cccc(C2CCc3ccc(C(=O)NO)cc3C2)c1.CO.COC(=O)c1ccc2c(c1)C=C(C)CC2.COC(=O)c1ccc2c(c1)C=C(c1cccc(C)c1)CC2.COC(=O)c1ccc2c(c1)CC(c1cccc(O)c1)CC2.COC(=O)c1ccc2c(c1)CC(c1cccc(OCCN(C)C)c1)CC2.Cc1cccc(B(O)O)c1.Cl.[CH3-].[Pd]. The molecule has 0 heterocycles. The molecule has 0 radical (unpaired) electrons. The van der Waals surface area contributed by atoms with E-state index in [1.807, 2.05) is 169 Å². The minimum atomic E-state index is -1.35. The number of hydrogen-bond acceptors (Lipinski definition) is 19. The van der Waals surface area contributed by atoms with E-state index in [1.54, 1.807) is 35.8 Å². The Morgan fingerprint density at radius 2 is 0.800 bits per heavy atom. The number of nitrogens with zero attached hydrogens (tertiary/aromatic N) is 3. The zero-order chi connectivity index (χ0) is 92.1. The molecule has 6 N–H and O–H groups in total. The standard InChI is InChI=1S/C22H27NO3.C21H26N2O3.C19H18O2.C18H18O3.C13H14O2.C7H9BO2.C4H10ClN.CH4O.CH3.ClH.Pd/c1-23(2)11-12-26-21-6-4-5-17(15-21)18-9-7-16-8-10-19(22(24)25-3)14-20(16)13-18;1-23(2)10-11-26-20-5-3-4-16(14-20)17-8-6-15-7-9-18(21(24)22-25)13-19(15)12-17;1-13-4-3-5-15(10-13)16-8-6-14-7-9-17(19(20)21-2)12-18(14)11-16;1-21-18(20)15-8-6-12-5-7-14(9-16(12)10-15)13-3-2-4-17(19)11-13;1-9-3-4-10-5-6-11(13(14)15-2)8-12(10)7-9;1-6-3-2-4-7(5-6)8(9)10;1-6(2)4-3-5;1-2;;;/h4-6,8,10,14-15,18H,7,9,11-13H2,1-3H3;3-5,7,9,13-14,17,25H,6,8,10-12H2,1-2H3,(H,22,24);3-5,7,9-12H,6,8H2,1-2H3;2-4,6,8,10-11,14,19H,5,7,9H2,1H3;5-8H,3-4H2,1-2H3;2-5,9-10H,1H3;3-4H2,1-2H3;2H,1H3;1H3;1H;/q;;;;;;;;-1;;. The van der Waals surface area contributed by atoms with E-state index in [2.05, 4.69) is 103 Å². The van der Waals surface area contributed by atoms with Crippen molar-refractivity contribution in [1.82, 2.24) is 20.2 Å². The molecule has 698 valence electrons. The van der Waals surface area contributed by atoms with Crippen LogP contribution >= 0.6 is 24.0 Å². The van der Waals surface area contributed by atoms with Gasteiger partial charge in [-0.1, -0.05) is 144 Å². The van der Waals surface area contributed by atoms with Gasteiger partial charge in [-0.15, -0.1) is 24.0 Å². The van der Waals surface area contributed by atoms with Gasteiger partial charge in [-0.3, -0.25) is 10.0 Å². The molecular weight excluding hydrogens is 1770 g/mol. The van der Waals surface area contributed by atoms with Gasteiger partial charge in [0.05, 0.1) is 50.7 Å². The molecular formula is C106H130BCl2N4O16Pd-. The van der Waals surface area contributed by atoms with E-state index in [0.29, 0.717) is 70.0 Å². The molecule has 10 aromatic rings. The quantitative estimate of drug-likeness (QED) is 0.00788. The number of fused-ring (bicyclic) bond motifs is 5. The van der Waals surface area contributed by atoms with Crippen molar-refractivity contribution in [2.75, 3.05) is 117 Å². The monoisotopic (exact) mass is 1900 g/mol. The normalized spacial score (nSPS) is 14.3. The van der Waals surface area contributed by atoms with Crippen molar-refractivity contribution in [2.24, 2.45) is 0 Å². The third-order valence-electron chi connectivity index (χ3n) is 22.7. The first-order valence-electron chi connectivity index (χ1n) is 43.1. The summed E-state index contributed by atoms with van der Waals surface area (Å²) in [6.07, 6.45) is 17.6. The second-order valence-corrected chi connectivity index (χ2v) is 33.2. The number of hydrogen-bond donors (Lipinski definition) is 6. The number of ether oxygens (including phenoxy) is 6. The number of methoxy groups -OCH3 is 4. The molecule has 3 unspecified atom stereocenters. The van der Waals surface area contributed by atoms with Crippen molar-refractivity contribution >= 4 is 84.1 Å². The summed E-state index contributed by atoms with van der Waals surface area (Å²) in [6, 6.07) is 68.8. The summed E-state index contributed by atoms with van der Waals surface area (Å²) >= 11 is 5.35. The minimum Gasteiger partial charge on any atom is -0.508 e. The number of aliphatic hydroxyl groups excluding tert-OH is 1. The number of benzene rings is 10. The fraction of sp³-hybridized carbons (Fsp3) is 0.340. The van der Waals surface area contributed by atoms with Gasteiger partial charge in [0.2, 0.25) is 0 Å². The average Bonchev–Trinajstić information content (AvgIpc) is 0.813. The Morgan fingerprint density at radius 1 is 0.423 bits per heavy atom. The Bertz CT molecular complexity index is 5220. The number of allylic oxidation sites excluding steroid dienone is 2. The number of esters is 4. The van der Waals surface area contributed by atoms with Crippen LogP contribution in [0.15, 0.2) is 218 Å². The third-order valence-corrected chi connectivity index (χ3v) is 22.9. The number of hydroxylamine groups is 1. The van der Waals surface area contributed by atoms with Crippen LogP contribution < -0.4 is 20.4 Å². The van der Waals surface area contributed by atoms with E-state index in [0.717, 1.165) is 150 Å². The molecule has 0 saturated carbocycles. The molecule has 5 aliphatic carbocycles. The number of aliphatic hydroxyl groups is 1. The molecule has 5 aliphatic rings. The van der Waals surface area contributed by atoms with Crippen LogP contribution in [0.2, 0.25) is 0 Å². The van der Waals surface area contributed by atoms with E-state index in [9.17, 15) is 29.1 Å². The van der Waals surface area contributed by atoms with Gasteiger partial charge in [0.15, 0.2) is 0 Å². The molecule has 0 bridgehead atoms. The van der Waals surface area contributed by atoms with Gasteiger partial charge >= 0.3 is 31.0 Å². The predicted octanol–water partition coefficient (Wildman–Crippen LogP) is 18.2. The van der Waals surface area contributed by atoms with Crippen LogP contribution in [0.25, 0.3) is 17.7 Å². The van der Waals surface area contributed by atoms with Crippen LogP contribution in [0.4, 0.5) is 0 Å². The maximum atomic E-state index is 11.8. The van der Waals surface area contributed by atoms with Crippen molar-refractivity contribution in [3.8, 4) is 17.2 Å². The van der Waals surface area contributed by atoms with Gasteiger partial charge in [0, 0.05) is 58.6 Å². The smallest absolute Gasteiger partial charge is 0.488 e. The Kier molecular flexibility index (Phi) is 48.1. The first-order chi connectivity index (χ1) is 61.1. The Balaban J connectivity index is 0.000000275. The maximum Gasteiger partial charge on any atom is 0.488 e. The zero-order valence-corrected chi connectivity index (χ0v) is 80.9. The van der Waals surface area contributed by atoms with Gasteiger partial charge in [-0.25, -0.2) is 24.7 Å². The molecule has 0 fully saturated rings. The van der Waals surface area contributed by atoms with Crippen LogP contribution in [0.5, 0.6) is 17.2 Å². The topological polar surface area (TPSA) is 264 Å². The summed E-state index contributed by atoms with van der Waals surface area (Å²) in [4.78, 5) is 64.4. The van der Waals surface area contributed by atoms with Crippen molar-refractivity contribution in [3.63, 3.8) is 0 Å². The molecule has 3 atom stereocenters. The van der Waals surface area contributed by atoms with Gasteiger partial charge in [0.1, 0.15) is 30.5 Å². The van der Waals surface area contributed by atoms with Crippen molar-refractivity contribution in [3.05, 3.63) is 342 Å². The molecule has 1 amide bonds. The fourth-order valence-corrected chi connectivity index (χ4v) is 16.0. The molecule has 0 spiro atoms. The number of alkyl halides is 1. The number of aromatic hydroxyl groups is 1. The largest absolute Gasteiger partial charge is 0.508 e. The van der Waals surface area contributed by atoms with Gasteiger partial charge < -0.3 is 70.8 Å².